The molecule has 186 valence electrons. The van der Waals surface area contributed by atoms with Crippen LogP contribution in [0.25, 0.3) is 11.1 Å². The Balaban J connectivity index is 1.60. The van der Waals surface area contributed by atoms with Gasteiger partial charge in [-0.2, -0.15) is 10.2 Å². The molecule has 1 aromatic carbocycles. The highest BCUT2D eigenvalue weighted by molar-refractivity contribution is 6.27. The van der Waals surface area contributed by atoms with Crippen molar-refractivity contribution in [3.63, 3.8) is 0 Å². The number of carbonyl (C=O) groups is 1. The van der Waals surface area contributed by atoms with Gasteiger partial charge in [0, 0.05) is 19.2 Å². The number of rotatable bonds is 11. The molecule has 0 fully saturated rings. The van der Waals surface area contributed by atoms with Crippen molar-refractivity contribution in [3.8, 4) is 5.75 Å². The molecule has 1 atom stereocenters. The summed E-state index contributed by atoms with van der Waals surface area (Å²) in [6.07, 6.45) is 8.66. The van der Waals surface area contributed by atoms with E-state index in [2.05, 4.69) is 41.3 Å². The zero-order valence-electron chi connectivity index (χ0n) is 21.2. The molecular weight excluding hydrogens is 440 g/mol. The lowest BCUT2D eigenvalue weighted by Gasteiger charge is -2.37. The molecule has 3 heterocycles. The van der Waals surface area contributed by atoms with Gasteiger partial charge in [0.05, 0.1) is 23.4 Å². The van der Waals surface area contributed by atoms with Crippen LogP contribution < -0.4 is 10.1 Å². The Hall–Kier alpha value is -3.42. The van der Waals surface area contributed by atoms with E-state index in [1.807, 2.05) is 48.1 Å². The van der Waals surface area contributed by atoms with Gasteiger partial charge in [0.25, 0.3) is 5.91 Å². The van der Waals surface area contributed by atoms with Crippen molar-refractivity contribution < 1.29 is 9.53 Å². The second-order valence-electron chi connectivity index (χ2n) is 9.90. The maximum atomic E-state index is 13.4. The van der Waals surface area contributed by atoms with Crippen molar-refractivity contribution >= 4 is 17.1 Å². The average molecular weight is 477 g/mol. The normalized spacial score (nSPS) is 18.3. The van der Waals surface area contributed by atoms with Crippen molar-refractivity contribution in [2.24, 2.45) is 5.92 Å². The number of amides is 1. The lowest BCUT2D eigenvalue weighted by molar-refractivity contribution is -0.117. The smallest absolute Gasteiger partial charge is 0.256 e. The average Bonchev–Trinajstić information content (AvgIpc) is 3.51. The number of unbranched alkanes of at least 4 members (excludes halogenated alkanes) is 3. The van der Waals surface area contributed by atoms with E-state index in [1.165, 1.54) is 25.6 Å². The summed E-state index contributed by atoms with van der Waals surface area (Å²) >= 11 is 0. The van der Waals surface area contributed by atoms with Gasteiger partial charge in [0.1, 0.15) is 12.1 Å². The molecule has 2 N–H and O–H groups in total. The Morgan fingerprint density at radius 2 is 1.94 bits per heavy atom. The number of nitrogens with one attached hydrogen (secondary N) is 2. The van der Waals surface area contributed by atoms with Crippen molar-refractivity contribution in [2.75, 3.05) is 6.61 Å². The lowest BCUT2D eigenvalue weighted by Crippen LogP contribution is -2.47. The number of aromatic amines is 1. The summed E-state index contributed by atoms with van der Waals surface area (Å²) in [5, 5.41) is 14.8. The van der Waals surface area contributed by atoms with Gasteiger partial charge in [-0.05, 0) is 48.6 Å². The molecule has 1 unspecified atom stereocenters. The van der Waals surface area contributed by atoms with Crippen LogP contribution >= 0.6 is 0 Å². The van der Waals surface area contributed by atoms with Gasteiger partial charge in [-0.15, -0.1) is 0 Å². The third kappa shape index (κ3) is 5.81. The van der Waals surface area contributed by atoms with Crippen molar-refractivity contribution in [1.29, 1.82) is 0 Å². The summed E-state index contributed by atoms with van der Waals surface area (Å²) in [7, 11) is 0. The zero-order valence-corrected chi connectivity index (χ0v) is 21.2. The van der Waals surface area contributed by atoms with Crippen molar-refractivity contribution in [2.45, 2.75) is 71.9 Å². The first kappa shape index (κ1) is 24.7. The minimum atomic E-state index is -0.600. The number of aromatic nitrogens is 5. The molecule has 1 aliphatic rings. The van der Waals surface area contributed by atoms with Gasteiger partial charge in [0.15, 0.2) is 5.82 Å². The van der Waals surface area contributed by atoms with Crippen LogP contribution in [0.2, 0.25) is 0 Å². The summed E-state index contributed by atoms with van der Waals surface area (Å²) < 4.78 is 7.84. The molecule has 0 bridgehead atoms. The molecule has 3 aromatic rings. The molecule has 1 amide bonds. The molecule has 2 aromatic heterocycles. The van der Waals surface area contributed by atoms with Gasteiger partial charge in [0.2, 0.25) is 0 Å². The molecule has 8 nitrogen and oxygen atoms in total. The van der Waals surface area contributed by atoms with Crippen LogP contribution in [-0.4, -0.2) is 37.5 Å². The fourth-order valence-corrected chi connectivity index (χ4v) is 4.54. The SMILES string of the molecule is CCCCCCOc1ccc(C2(C)CC(c3ccn(CC(C)C)n3)=C(c3ncn[nH]3)C(=O)N2)cc1. The molecule has 35 heavy (non-hydrogen) atoms. The van der Waals surface area contributed by atoms with Crippen LogP contribution in [0.1, 0.15) is 76.9 Å². The van der Waals surface area contributed by atoms with Gasteiger partial charge in [-0.3, -0.25) is 14.6 Å². The summed E-state index contributed by atoms with van der Waals surface area (Å²) in [6.45, 7) is 10.1. The van der Waals surface area contributed by atoms with Crippen LogP contribution in [-0.2, 0) is 16.9 Å². The quantitative estimate of drug-likeness (QED) is 0.381. The first-order valence-corrected chi connectivity index (χ1v) is 12.6. The monoisotopic (exact) mass is 476 g/mol. The zero-order chi connectivity index (χ0) is 24.8. The van der Waals surface area contributed by atoms with Crippen LogP contribution in [0.15, 0.2) is 42.9 Å². The Kier molecular flexibility index (Phi) is 7.68. The summed E-state index contributed by atoms with van der Waals surface area (Å²) in [4.78, 5) is 17.7. The number of carbonyl (C=O) groups excluding carboxylic acids is 1. The second-order valence-corrected chi connectivity index (χ2v) is 9.90. The highest BCUT2D eigenvalue weighted by Crippen LogP contribution is 2.40. The molecule has 0 radical (unpaired) electrons. The second kappa shape index (κ2) is 10.9. The predicted molar refractivity (Wildman–Crippen MR) is 136 cm³/mol. The molecule has 0 saturated heterocycles. The van der Waals surface area contributed by atoms with Gasteiger partial charge < -0.3 is 10.1 Å². The number of hydrogen-bond acceptors (Lipinski definition) is 5. The Morgan fingerprint density at radius 1 is 1.14 bits per heavy atom. The number of ether oxygens (including phenoxy) is 1. The van der Waals surface area contributed by atoms with E-state index in [4.69, 9.17) is 9.84 Å². The number of benzene rings is 1. The van der Waals surface area contributed by atoms with E-state index in [0.717, 1.165) is 42.2 Å². The van der Waals surface area contributed by atoms with Crippen molar-refractivity contribution in [1.82, 2.24) is 30.3 Å². The number of H-pyrrole nitrogens is 1. The Bertz CT molecular complexity index is 1150. The summed E-state index contributed by atoms with van der Waals surface area (Å²) in [6, 6.07) is 10.0. The van der Waals surface area contributed by atoms with Gasteiger partial charge >= 0.3 is 0 Å². The van der Waals surface area contributed by atoms with E-state index in [-0.39, 0.29) is 5.91 Å². The van der Waals surface area contributed by atoms with E-state index in [1.54, 1.807) is 0 Å². The maximum absolute atomic E-state index is 13.4. The third-order valence-corrected chi connectivity index (χ3v) is 6.36. The van der Waals surface area contributed by atoms with Crippen molar-refractivity contribution in [3.05, 3.63) is 59.9 Å². The van der Waals surface area contributed by atoms with E-state index >= 15 is 0 Å². The fourth-order valence-electron chi connectivity index (χ4n) is 4.54. The molecule has 0 aliphatic carbocycles. The van der Waals surface area contributed by atoms with E-state index in [9.17, 15) is 4.79 Å². The maximum Gasteiger partial charge on any atom is 0.256 e. The minimum Gasteiger partial charge on any atom is -0.494 e. The van der Waals surface area contributed by atoms with Gasteiger partial charge in [-0.1, -0.05) is 52.2 Å². The minimum absolute atomic E-state index is 0.194. The van der Waals surface area contributed by atoms with Crippen LogP contribution in [0, 0.1) is 5.92 Å². The molecular formula is C27H36N6O2. The molecule has 0 spiro atoms. The summed E-state index contributed by atoms with van der Waals surface area (Å²) in [5.41, 5.74) is 2.54. The largest absolute Gasteiger partial charge is 0.494 e. The molecule has 0 saturated carbocycles. The summed E-state index contributed by atoms with van der Waals surface area (Å²) in [5.74, 6) is 1.57. The fraction of sp³-hybridized carbons (Fsp3) is 0.481. The molecule has 4 rings (SSSR count). The Labute approximate surface area is 207 Å². The molecule has 8 heteroatoms. The number of hydrogen-bond donors (Lipinski definition) is 2. The Morgan fingerprint density at radius 3 is 2.63 bits per heavy atom. The van der Waals surface area contributed by atoms with Crippen LogP contribution in [0.3, 0.4) is 0 Å². The van der Waals surface area contributed by atoms with Gasteiger partial charge in [-0.25, -0.2) is 4.98 Å². The highest BCUT2D eigenvalue weighted by atomic mass is 16.5. The lowest BCUT2D eigenvalue weighted by atomic mass is 9.79. The third-order valence-electron chi connectivity index (χ3n) is 6.36. The first-order chi connectivity index (χ1) is 16.9. The van der Waals surface area contributed by atoms with Crippen LogP contribution in [0.4, 0.5) is 0 Å². The molecule has 1 aliphatic heterocycles. The van der Waals surface area contributed by atoms with E-state index < -0.39 is 5.54 Å². The number of nitrogens with zero attached hydrogens (tertiary/aromatic N) is 4. The first-order valence-electron chi connectivity index (χ1n) is 12.6. The topological polar surface area (TPSA) is 97.7 Å². The van der Waals surface area contributed by atoms with Crippen LogP contribution in [0.5, 0.6) is 5.75 Å². The predicted octanol–water partition coefficient (Wildman–Crippen LogP) is 4.96. The standard InChI is InChI=1S/C27H36N6O2/c1-5-6-7-8-15-35-21-11-9-20(10-12-21)27(4)16-22(23-13-14-33(32-23)17-19(2)3)24(26(34)30-27)25-28-18-29-31-25/h9-14,18-19H,5-8,15-17H2,1-4H3,(H,30,34)(H,28,29,31). The van der Waals surface area contributed by atoms with E-state index in [0.29, 0.717) is 23.7 Å². The highest BCUT2D eigenvalue weighted by Gasteiger charge is 2.39.